The van der Waals surface area contributed by atoms with E-state index in [0.29, 0.717) is 6.42 Å². The van der Waals surface area contributed by atoms with Crippen LogP contribution in [0.25, 0.3) is 0 Å². The molecule has 5 nitrogen and oxygen atoms in total. The highest BCUT2D eigenvalue weighted by molar-refractivity contribution is 5.81. The number of rotatable bonds is 4. The molecule has 0 saturated carbocycles. The Morgan fingerprint density at radius 1 is 1.79 bits per heavy atom. The molecule has 0 aliphatic heterocycles. The van der Waals surface area contributed by atoms with Crippen molar-refractivity contribution >= 4 is 5.91 Å². The van der Waals surface area contributed by atoms with Crippen molar-refractivity contribution in [2.24, 2.45) is 5.73 Å². The Bertz CT molecular complexity index is 283. The molecule has 0 radical (unpaired) electrons. The number of aromatic nitrogens is 2. The quantitative estimate of drug-likeness (QED) is 0.648. The minimum absolute atomic E-state index is 0.0566. The summed E-state index contributed by atoms with van der Waals surface area (Å²) in [6.07, 6.45) is 4.08. The SMILES string of the molecule is CC[C@@H](N)C(=O)NC(C)c1cn[nH]c1. The van der Waals surface area contributed by atoms with Crippen LogP contribution in [0.4, 0.5) is 0 Å². The highest BCUT2D eigenvalue weighted by Gasteiger charge is 2.14. The maximum absolute atomic E-state index is 11.4. The monoisotopic (exact) mass is 196 g/mol. The number of H-pyrrole nitrogens is 1. The number of nitrogens with two attached hydrogens (primary N) is 1. The van der Waals surface area contributed by atoms with Crippen LogP contribution in [0.2, 0.25) is 0 Å². The van der Waals surface area contributed by atoms with Crippen molar-refractivity contribution in [2.75, 3.05) is 0 Å². The molecule has 0 spiro atoms. The fraction of sp³-hybridized carbons (Fsp3) is 0.556. The lowest BCUT2D eigenvalue weighted by Crippen LogP contribution is -2.41. The van der Waals surface area contributed by atoms with Crippen LogP contribution < -0.4 is 11.1 Å². The number of nitrogens with one attached hydrogen (secondary N) is 2. The topological polar surface area (TPSA) is 83.8 Å². The largest absolute Gasteiger partial charge is 0.348 e. The molecule has 1 unspecified atom stereocenters. The van der Waals surface area contributed by atoms with Gasteiger partial charge in [-0.3, -0.25) is 9.89 Å². The standard InChI is InChI=1S/C9H16N4O/c1-3-8(10)9(14)13-6(2)7-4-11-12-5-7/h4-6,8H,3,10H2,1-2H3,(H,11,12)(H,13,14)/t6?,8-/m1/s1. The lowest BCUT2D eigenvalue weighted by atomic mass is 10.1. The van der Waals surface area contributed by atoms with Gasteiger partial charge in [-0.15, -0.1) is 0 Å². The van der Waals surface area contributed by atoms with Crippen LogP contribution in [0, 0.1) is 0 Å². The van der Waals surface area contributed by atoms with E-state index in [2.05, 4.69) is 15.5 Å². The molecule has 0 saturated heterocycles. The van der Waals surface area contributed by atoms with Gasteiger partial charge in [0, 0.05) is 11.8 Å². The molecule has 78 valence electrons. The summed E-state index contributed by atoms with van der Waals surface area (Å²) in [6, 6.07) is -0.483. The van der Waals surface area contributed by atoms with Crippen molar-refractivity contribution < 1.29 is 4.79 Å². The van der Waals surface area contributed by atoms with E-state index >= 15 is 0 Å². The number of carbonyl (C=O) groups is 1. The number of hydrogen-bond donors (Lipinski definition) is 3. The van der Waals surface area contributed by atoms with Crippen LogP contribution in [0.1, 0.15) is 31.9 Å². The first-order valence-electron chi connectivity index (χ1n) is 4.69. The Kier molecular flexibility index (Phi) is 3.64. The first kappa shape index (κ1) is 10.7. The maximum Gasteiger partial charge on any atom is 0.237 e. The molecule has 5 heteroatoms. The van der Waals surface area contributed by atoms with Crippen molar-refractivity contribution in [1.29, 1.82) is 0 Å². The number of amides is 1. The average molecular weight is 196 g/mol. The summed E-state index contributed by atoms with van der Waals surface area (Å²) in [4.78, 5) is 11.4. The van der Waals surface area contributed by atoms with Crippen LogP contribution in [0.15, 0.2) is 12.4 Å². The Morgan fingerprint density at radius 3 is 3.00 bits per heavy atom. The third kappa shape index (κ3) is 2.56. The van der Waals surface area contributed by atoms with E-state index in [-0.39, 0.29) is 11.9 Å². The molecule has 4 N–H and O–H groups in total. The normalized spacial score (nSPS) is 14.8. The van der Waals surface area contributed by atoms with Gasteiger partial charge in [0.25, 0.3) is 0 Å². The van der Waals surface area contributed by atoms with Crippen molar-refractivity contribution in [1.82, 2.24) is 15.5 Å². The van der Waals surface area contributed by atoms with Gasteiger partial charge in [-0.05, 0) is 13.3 Å². The maximum atomic E-state index is 11.4. The predicted octanol–water partition coefficient (Wildman–Crippen LogP) is 0.324. The summed E-state index contributed by atoms with van der Waals surface area (Å²) in [6.45, 7) is 3.78. The summed E-state index contributed by atoms with van der Waals surface area (Å²) in [5, 5.41) is 9.31. The minimum Gasteiger partial charge on any atom is -0.348 e. The van der Waals surface area contributed by atoms with E-state index in [1.165, 1.54) is 0 Å². The van der Waals surface area contributed by atoms with Crippen molar-refractivity contribution in [3.8, 4) is 0 Å². The van der Waals surface area contributed by atoms with E-state index in [4.69, 9.17) is 5.73 Å². The third-order valence-electron chi connectivity index (χ3n) is 2.15. The zero-order valence-corrected chi connectivity index (χ0v) is 8.45. The third-order valence-corrected chi connectivity index (χ3v) is 2.15. The van der Waals surface area contributed by atoms with Gasteiger partial charge in [0.1, 0.15) is 0 Å². The molecule has 1 heterocycles. The van der Waals surface area contributed by atoms with Gasteiger partial charge in [0.15, 0.2) is 0 Å². The average Bonchev–Trinajstić information content (AvgIpc) is 2.69. The molecule has 1 amide bonds. The zero-order valence-electron chi connectivity index (χ0n) is 8.45. The molecular formula is C9H16N4O. The van der Waals surface area contributed by atoms with Gasteiger partial charge in [0.05, 0.1) is 18.3 Å². The van der Waals surface area contributed by atoms with Crippen LogP contribution in [-0.2, 0) is 4.79 Å². The van der Waals surface area contributed by atoms with Crippen molar-refractivity contribution in [2.45, 2.75) is 32.4 Å². The summed E-state index contributed by atoms with van der Waals surface area (Å²) >= 11 is 0. The fourth-order valence-electron chi connectivity index (χ4n) is 1.09. The molecule has 1 aromatic heterocycles. The first-order chi connectivity index (χ1) is 6.65. The molecule has 1 aromatic rings. The summed E-state index contributed by atoms with van der Waals surface area (Å²) in [5.74, 6) is -0.124. The van der Waals surface area contributed by atoms with Crippen LogP contribution in [0.3, 0.4) is 0 Å². The minimum atomic E-state index is -0.427. The molecule has 0 fully saturated rings. The van der Waals surface area contributed by atoms with Gasteiger partial charge in [0.2, 0.25) is 5.91 Å². The molecular weight excluding hydrogens is 180 g/mol. The number of hydrogen-bond acceptors (Lipinski definition) is 3. The predicted molar refractivity (Wildman–Crippen MR) is 53.4 cm³/mol. The van der Waals surface area contributed by atoms with Crippen molar-refractivity contribution in [3.63, 3.8) is 0 Å². The molecule has 0 aromatic carbocycles. The summed E-state index contributed by atoms with van der Waals surface area (Å²) in [5.41, 5.74) is 6.53. The lowest BCUT2D eigenvalue weighted by Gasteiger charge is -2.15. The van der Waals surface area contributed by atoms with Gasteiger partial charge >= 0.3 is 0 Å². The molecule has 0 aliphatic rings. The van der Waals surface area contributed by atoms with E-state index < -0.39 is 6.04 Å². The summed E-state index contributed by atoms with van der Waals surface area (Å²) < 4.78 is 0. The van der Waals surface area contributed by atoms with Gasteiger partial charge in [-0.1, -0.05) is 6.92 Å². The van der Waals surface area contributed by atoms with Gasteiger partial charge in [-0.2, -0.15) is 5.10 Å². The van der Waals surface area contributed by atoms with Gasteiger partial charge in [-0.25, -0.2) is 0 Å². The fourth-order valence-corrected chi connectivity index (χ4v) is 1.09. The second kappa shape index (κ2) is 4.76. The summed E-state index contributed by atoms with van der Waals surface area (Å²) in [7, 11) is 0. The van der Waals surface area contributed by atoms with Crippen molar-refractivity contribution in [3.05, 3.63) is 18.0 Å². The molecule has 2 atom stereocenters. The number of aromatic amines is 1. The number of nitrogens with zero attached hydrogens (tertiary/aromatic N) is 1. The van der Waals surface area contributed by atoms with E-state index in [1.807, 2.05) is 13.8 Å². The Morgan fingerprint density at radius 2 is 2.50 bits per heavy atom. The second-order valence-electron chi connectivity index (χ2n) is 3.28. The van der Waals surface area contributed by atoms with E-state index in [0.717, 1.165) is 5.56 Å². The van der Waals surface area contributed by atoms with Crippen LogP contribution in [-0.4, -0.2) is 22.1 Å². The van der Waals surface area contributed by atoms with E-state index in [9.17, 15) is 4.79 Å². The Hall–Kier alpha value is -1.36. The molecule has 0 bridgehead atoms. The Balaban J connectivity index is 2.49. The highest BCUT2D eigenvalue weighted by atomic mass is 16.2. The second-order valence-corrected chi connectivity index (χ2v) is 3.28. The van der Waals surface area contributed by atoms with Gasteiger partial charge < -0.3 is 11.1 Å². The van der Waals surface area contributed by atoms with Crippen LogP contribution in [0.5, 0.6) is 0 Å². The highest BCUT2D eigenvalue weighted by Crippen LogP contribution is 2.08. The van der Waals surface area contributed by atoms with Crippen LogP contribution >= 0.6 is 0 Å². The zero-order chi connectivity index (χ0) is 10.6. The molecule has 1 rings (SSSR count). The van der Waals surface area contributed by atoms with E-state index in [1.54, 1.807) is 12.4 Å². The first-order valence-corrected chi connectivity index (χ1v) is 4.69. The molecule has 0 aliphatic carbocycles. The smallest absolute Gasteiger partial charge is 0.237 e. The Labute approximate surface area is 83.1 Å². The lowest BCUT2D eigenvalue weighted by molar-refractivity contribution is -0.123. The number of carbonyl (C=O) groups excluding carboxylic acids is 1. The molecule has 14 heavy (non-hydrogen) atoms.